The van der Waals surface area contributed by atoms with Crippen LogP contribution in [0.1, 0.15) is 26.5 Å². The van der Waals surface area contributed by atoms with E-state index in [2.05, 4.69) is 10.1 Å². The molecule has 3 aromatic rings. The summed E-state index contributed by atoms with van der Waals surface area (Å²) in [7, 11) is 1.64. The van der Waals surface area contributed by atoms with E-state index < -0.39 is 0 Å². The van der Waals surface area contributed by atoms with E-state index in [1.165, 1.54) is 4.52 Å². The molecule has 0 aliphatic carbocycles. The summed E-state index contributed by atoms with van der Waals surface area (Å²) in [4.78, 5) is 16.9. The average molecular weight is 297 g/mol. The smallest absolute Gasteiger partial charge is 0.272 e. The molecule has 0 saturated carbocycles. The quantitative estimate of drug-likeness (QED) is 0.791. The lowest BCUT2D eigenvalue weighted by atomic mass is 9.92. The normalized spacial score (nSPS) is 11.8. The first-order valence-corrected chi connectivity index (χ1v) is 7.16. The number of methoxy groups -OCH3 is 1. The van der Waals surface area contributed by atoms with Crippen molar-refractivity contribution in [2.75, 3.05) is 7.11 Å². The number of fused-ring (bicyclic) bond motifs is 1. The minimum absolute atomic E-state index is 0.102. The van der Waals surface area contributed by atoms with Crippen molar-refractivity contribution in [2.45, 2.75) is 26.2 Å². The molecule has 0 aliphatic rings. The monoisotopic (exact) mass is 297 g/mol. The molecule has 5 nitrogen and oxygen atoms in total. The van der Waals surface area contributed by atoms with Crippen LogP contribution in [0.4, 0.5) is 0 Å². The molecule has 2 aromatic heterocycles. The van der Waals surface area contributed by atoms with Gasteiger partial charge in [0.2, 0.25) is 0 Å². The minimum Gasteiger partial charge on any atom is -0.497 e. The number of nitrogens with one attached hydrogen (secondary N) is 1. The van der Waals surface area contributed by atoms with Crippen LogP contribution >= 0.6 is 0 Å². The highest BCUT2D eigenvalue weighted by atomic mass is 16.5. The fourth-order valence-corrected chi connectivity index (χ4v) is 2.35. The van der Waals surface area contributed by atoms with Crippen molar-refractivity contribution in [3.8, 4) is 16.9 Å². The second kappa shape index (κ2) is 5.02. The first-order valence-electron chi connectivity index (χ1n) is 7.16. The summed E-state index contributed by atoms with van der Waals surface area (Å²) in [6.07, 6.45) is 1.80. The largest absolute Gasteiger partial charge is 0.497 e. The molecule has 1 N–H and O–H groups in total. The van der Waals surface area contributed by atoms with Gasteiger partial charge in [0.1, 0.15) is 5.75 Å². The van der Waals surface area contributed by atoms with Gasteiger partial charge in [-0.15, -0.1) is 0 Å². The molecular weight excluding hydrogens is 278 g/mol. The number of benzene rings is 1. The maximum Gasteiger partial charge on any atom is 0.272 e. The average Bonchev–Trinajstić information content (AvgIpc) is 2.91. The Morgan fingerprint density at radius 1 is 1.18 bits per heavy atom. The summed E-state index contributed by atoms with van der Waals surface area (Å²) in [6.45, 7) is 6.14. The van der Waals surface area contributed by atoms with Crippen LogP contribution in [0.5, 0.6) is 5.75 Å². The van der Waals surface area contributed by atoms with Crippen molar-refractivity contribution in [1.29, 1.82) is 0 Å². The van der Waals surface area contributed by atoms with Crippen LogP contribution in [0, 0.1) is 0 Å². The van der Waals surface area contributed by atoms with E-state index in [1.54, 1.807) is 19.4 Å². The SMILES string of the molecule is COc1ccc(-c2c[nH]n3c(=O)cc(C(C)(C)C)nc23)cc1. The lowest BCUT2D eigenvalue weighted by Crippen LogP contribution is -2.22. The highest BCUT2D eigenvalue weighted by Crippen LogP contribution is 2.26. The van der Waals surface area contributed by atoms with Crippen molar-refractivity contribution in [1.82, 2.24) is 14.6 Å². The van der Waals surface area contributed by atoms with Gasteiger partial charge in [0.25, 0.3) is 5.56 Å². The number of hydrogen-bond donors (Lipinski definition) is 1. The maximum atomic E-state index is 12.3. The molecule has 0 bridgehead atoms. The van der Waals surface area contributed by atoms with E-state index in [-0.39, 0.29) is 11.0 Å². The van der Waals surface area contributed by atoms with Crippen LogP contribution in [-0.4, -0.2) is 21.7 Å². The van der Waals surface area contributed by atoms with Gasteiger partial charge in [-0.2, -0.15) is 0 Å². The van der Waals surface area contributed by atoms with E-state index in [1.807, 2.05) is 45.0 Å². The van der Waals surface area contributed by atoms with Crippen LogP contribution in [0.15, 0.2) is 41.3 Å². The molecule has 0 amide bonds. The zero-order valence-corrected chi connectivity index (χ0v) is 13.2. The summed E-state index contributed by atoms with van der Waals surface area (Å²) in [5.74, 6) is 0.795. The summed E-state index contributed by atoms with van der Waals surface area (Å²) in [6, 6.07) is 9.28. The third kappa shape index (κ3) is 2.39. The van der Waals surface area contributed by atoms with Crippen molar-refractivity contribution in [3.05, 3.63) is 52.6 Å². The van der Waals surface area contributed by atoms with E-state index >= 15 is 0 Å². The van der Waals surface area contributed by atoms with Crippen LogP contribution in [0.3, 0.4) is 0 Å². The van der Waals surface area contributed by atoms with Gasteiger partial charge < -0.3 is 4.74 Å². The van der Waals surface area contributed by atoms with Crippen molar-refractivity contribution < 1.29 is 4.74 Å². The lowest BCUT2D eigenvalue weighted by molar-refractivity contribution is 0.415. The molecule has 0 spiro atoms. The van der Waals surface area contributed by atoms with Gasteiger partial charge in [-0.3, -0.25) is 9.89 Å². The molecule has 22 heavy (non-hydrogen) atoms. The lowest BCUT2D eigenvalue weighted by Gasteiger charge is -2.17. The molecule has 5 heteroatoms. The van der Waals surface area contributed by atoms with Crippen molar-refractivity contribution in [2.24, 2.45) is 0 Å². The standard InChI is InChI=1S/C17H19N3O2/c1-17(2,3)14-9-15(21)20-16(19-14)13(10-18-20)11-5-7-12(22-4)8-6-11/h5-10,18H,1-4H3. The molecule has 3 rings (SSSR count). The number of nitrogens with zero attached hydrogens (tertiary/aromatic N) is 2. The van der Waals surface area contributed by atoms with Gasteiger partial charge >= 0.3 is 0 Å². The molecule has 0 radical (unpaired) electrons. The molecule has 2 heterocycles. The zero-order chi connectivity index (χ0) is 15.9. The second-order valence-corrected chi connectivity index (χ2v) is 6.30. The minimum atomic E-state index is -0.178. The van der Waals surface area contributed by atoms with Crippen LogP contribution in [0.25, 0.3) is 16.8 Å². The van der Waals surface area contributed by atoms with E-state index in [4.69, 9.17) is 4.74 Å². The van der Waals surface area contributed by atoms with Crippen LogP contribution in [-0.2, 0) is 5.41 Å². The number of aromatic nitrogens is 3. The summed E-state index contributed by atoms with van der Waals surface area (Å²) < 4.78 is 6.65. The Bertz CT molecular complexity index is 868. The molecule has 114 valence electrons. The third-order valence-electron chi connectivity index (χ3n) is 3.67. The maximum absolute atomic E-state index is 12.3. The zero-order valence-electron chi connectivity index (χ0n) is 13.2. The Kier molecular flexibility index (Phi) is 3.28. The Morgan fingerprint density at radius 3 is 2.45 bits per heavy atom. The van der Waals surface area contributed by atoms with Crippen LogP contribution in [0.2, 0.25) is 0 Å². The van der Waals surface area contributed by atoms with E-state index in [9.17, 15) is 4.79 Å². The van der Waals surface area contributed by atoms with Gasteiger partial charge in [0.05, 0.1) is 12.8 Å². The molecule has 1 aromatic carbocycles. The number of hydrogen-bond acceptors (Lipinski definition) is 3. The molecule has 0 saturated heterocycles. The number of rotatable bonds is 2. The van der Waals surface area contributed by atoms with Gasteiger partial charge in [-0.25, -0.2) is 9.50 Å². The predicted octanol–water partition coefficient (Wildman–Crippen LogP) is 3.00. The van der Waals surface area contributed by atoms with Crippen molar-refractivity contribution >= 4 is 5.65 Å². The molecule has 0 atom stereocenters. The van der Waals surface area contributed by atoms with E-state index in [0.717, 1.165) is 22.6 Å². The number of ether oxygens (including phenoxy) is 1. The van der Waals surface area contributed by atoms with Crippen LogP contribution < -0.4 is 10.3 Å². The molecule has 0 aliphatic heterocycles. The molecule has 0 unspecified atom stereocenters. The first kappa shape index (κ1) is 14.4. The third-order valence-corrected chi connectivity index (χ3v) is 3.67. The summed E-state index contributed by atoms with van der Waals surface area (Å²) >= 11 is 0. The highest BCUT2D eigenvalue weighted by molar-refractivity contribution is 5.77. The Morgan fingerprint density at radius 2 is 1.86 bits per heavy atom. The van der Waals surface area contributed by atoms with Crippen molar-refractivity contribution in [3.63, 3.8) is 0 Å². The first-order chi connectivity index (χ1) is 10.4. The molecular formula is C17H19N3O2. The van der Waals surface area contributed by atoms with Gasteiger partial charge in [0.15, 0.2) is 5.65 Å². The Hall–Kier alpha value is -2.56. The fraction of sp³-hybridized carbons (Fsp3) is 0.294. The second-order valence-electron chi connectivity index (χ2n) is 6.30. The fourth-order valence-electron chi connectivity index (χ4n) is 2.35. The predicted molar refractivity (Wildman–Crippen MR) is 86.5 cm³/mol. The molecule has 0 fully saturated rings. The summed E-state index contributed by atoms with van der Waals surface area (Å²) in [5.41, 5.74) is 3.02. The van der Waals surface area contributed by atoms with E-state index in [0.29, 0.717) is 5.65 Å². The Balaban J connectivity index is 2.22. The number of aromatic amines is 1. The summed E-state index contributed by atoms with van der Waals surface area (Å²) in [5, 5.41) is 2.97. The van der Waals surface area contributed by atoms with Gasteiger partial charge in [-0.1, -0.05) is 32.9 Å². The number of H-pyrrole nitrogens is 1. The van der Waals surface area contributed by atoms with Gasteiger partial charge in [0, 0.05) is 23.2 Å². The van der Waals surface area contributed by atoms with Gasteiger partial charge in [-0.05, 0) is 17.7 Å². The highest BCUT2D eigenvalue weighted by Gasteiger charge is 2.19. The topological polar surface area (TPSA) is 59.4 Å². The Labute approximate surface area is 128 Å².